The lowest BCUT2D eigenvalue weighted by Crippen LogP contribution is -2.50. The lowest BCUT2D eigenvalue weighted by molar-refractivity contribution is -0.0575. The molecule has 4 unspecified atom stereocenters. The normalized spacial score (nSPS) is 49.5. The first-order chi connectivity index (χ1) is 5.46. The monoisotopic (exact) mass is 191 g/mol. The van der Waals surface area contributed by atoms with Crippen molar-refractivity contribution in [2.24, 2.45) is 0 Å². The van der Waals surface area contributed by atoms with Crippen molar-refractivity contribution in [1.82, 2.24) is 0 Å². The molecule has 1 aliphatic carbocycles. The van der Waals surface area contributed by atoms with E-state index in [1.807, 2.05) is 0 Å². The molecule has 4 atom stereocenters. The topological polar surface area (TPSA) is 0 Å². The van der Waals surface area contributed by atoms with E-state index in [4.69, 9.17) is 0 Å². The van der Waals surface area contributed by atoms with Gasteiger partial charge in [-0.2, -0.15) is 8.78 Å². The summed E-state index contributed by atoms with van der Waals surface area (Å²) in [6.45, 7) is 0. The lowest BCUT2D eigenvalue weighted by atomic mass is 9.90. The largest absolute Gasteiger partial charge is 0.375 e. The molecule has 0 saturated heterocycles. The van der Waals surface area contributed by atoms with Gasteiger partial charge in [0.25, 0.3) is 0 Å². The molecule has 6 heteroatoms. The highest BCUT2D eigenvalue weighted by molar-refractivity contribution is 5.10. The van der Waals surface area contributed by atoms with Gasteiger partial charge in [0.2, 0.25) is 12.3 Å². The van der Waals surface area contributed by atoms with Crippen molar-refractivity contribution in [2.75, 3.05) is 0 Å². The Morgan fingerprint density at radius 2 is 1.00 bits per heavy atom. The maximum absolute atomic E-state index is 12.2. The van der Waals surface area contributed by atoms with Crippen LogP contribution in [-0.2, 0) is 0 Å². The zero-order valence-electron chi connectivity index (χ0n) is 5.65. The molecule has 0 heterocycles. The Balaban J connectivity index is 2.76. The van der Waals surface area contributed by atoms with Gasteiger partial charge in [-0.15, -0.1) is 0 Å². The predicted octanol–water partition coefficient (Wildman–Crippen LogP) is 2.19. The van der Waals surface area contributed by atoms with E-state index in [9.17, 15) is 26.3 Å². The van der Waals surface area contributed by atoms with Gasteiger partial charge in [0.15, 0.2) is 6.17 Å². The van der Waals surface area contributed by atoms with Crippen LogP contribution >= 0.6 is 0 Å². The van der Waals surface area contributed by atoms with Gasteiger partial charge in [0.05, 0.1) is 0 Å². The van der Waals surface area contributed by atoms with Gasteiger partial charge in [-0.25, -0.2) is 13.2 Å². The molecule has 0 aromatic rings. The fraction of sp³-hybridized carbons (Fsp3) is 0.833. The SMILES string of the molecule is F[C+]1C(F)C(F)C(F)C(F)C1F. The quantitative estimate of drug-likeness (QED) is 0.406. The third-order valence-corrected chi connectivity index (χ3v) is 1.69. The minimum Gasteiger partial charge on any atom is -0.240 e. The first kappa shape index (κ1) is 9.54. The van der Waals surface area contributed by atoms with E-state index >= 15 is 0 Å². The highest BCUT2D eigenvalue weighted by Crippen LogP contribution is 2.37. The Hall–Kier alpha value is -0.550. The zero-order chi connectivity index (χ0) is 9.46. The fourth-order valence-corrected chi connectivity index (χ4v) is 0.955. The molecule has 0 amide bonds. The standard InChI is InChI=1S/C6H5F6/c7-1-2(8)4(10)6(12)5(11)3(1)9/h1-5H/q+1. The van der Waals surface area contributed by atoms with Crippen LogP contribution in [0, 0.1) is 6.17 Å². The summed E-state index contributed by atoms with van der Waals surface area (Å²) in [7, 11) is 0. The van der Waals surface area contributed by atoms with Gasteiger partial charge in [-0.3, -0.25) is 0 Å². The number of rotatable bonds is 0. The third-order valence-electron chi connectivity index (χ3n) is 1.69. The first-order valence-corrected chi connectivity index (χ1v) is 3.19. The van der Waals surface area contributed by atoms with Crippen molar-refractivity contribution in [3.63, 3.8) is 0 Å². The summed E-state index contributed by atoms with van der Waals surface area (Å²) >= 11 is 0. The van der Waals surface area contributed by atoms with Crippen molar-refractivity contribution in [2.45, 2.75) is 30.9 Å². The average Bonchev–Trinajstić information content (AvgIpc) is 2.08. The summed E-state index contributed by atoms with van der Waals surface area (Å²) in [5.41, 5.74) is 0. The molecule has 1 rings (SSSR count). The van der Waals surface area contributed by atoms with Crippen molar-refractivity contribution < 1.29 is 26.3 Å². The molecule has 12 heavy (non-hydrogen) atoms. The van der Waals surface area contributed by atoms with E-state index < -0.39 is 37.0 Å². The van der Waals surface area contributed by atoms with E-state index in [0.717, 1.165) is 0 Å². The van der Waals surface area contributed by atoms with Crippen molar-refractivity contribution in [3.8, 4) is 0 Å². The molecule has 1 fully saturated rings. The Morgan fingerprint density at radius 3 is 1.33 bits per heavy atom. The second-order valence-corrected chi connectivity index (χ2v) is 2.52. The second kappa shape index (κ2) is 3.06. The summed E-state index contributed by atoms with van der Waals surface area (Å²) in [4.78, 5) is 0. The van der Waals surface area contributed by atoms with Crippen LogP contribution in [0.1, 0.15) is 0 Å². The molecule has 0 N–H and O–H groups in total. The highest BCUT2D eigenvalue weighted by atomic mass is 19.2. The molecule has 0 bridgehead atoms. The Bertz CT molecular complexity index is 104. The van der Waals surface area contributed by atoms with Crippen LogP contribution in [0.3, 0.4) is 0 Å². The number of hydrogen-bond donors (Lipinski definition) is 0. The van der Waals surface area contributed by atoms with Crippen LogP contribution in [0.5, 0.6) is 0 Å². The molecule has 1 saturated carbocycles. The van der Waals surface area contributed by atoms with Crippen LogP contribution in [-0.4, -0.2) is 30.9 Å². The van der Waals surface area contributed by atoms with Gasteiger partial charge < -0.3 is 0 Å². The molecular weight excluding hydrogens is 186 g/mol. The van der Waals surface area contributed by atoms with Gasteiger partial charge in [-0.05, 0) is 4.39 Å². The summed E-state index contributed by atoms with van der Waals surface area (Å²) in [6.07, 6.45) is -16.9. The third kappa shape index (κ3) is 1.23. The molecule has 1 aliphatic rings. The molecule has 0 aromatic heterocycles. The molecule has 0 nitrogen and oxygen atoms in total. The number of hydrogen-bond acceptors (Lipinski definition) is 0. The number of halogens is 6. The van der Waals surface area contributed by atoms with Crippen LogP contribution < -0.4 is 0 Å². The van der Waals surface area contributed by atoms with Crippen molar-refractivity contribution in [3.05, 3.63) is 6.17 Å². The van der Waals surface area contributed by atoms with E-state index in [1.165, 1.54) is 0 Å². The lowest BCUT2D eigenvalue weighted by Gasteiger charge is -2.23. The smallest absolute Gasteiger partial charge is 0.240 e. The summed E-state index contributed by atoms with van der Waals surface area (Å²) in [5.74, 6) is 0. The van der Waals surface area contributed by atoms with E-state index in [0.29, 0.717) is 0 Å². The van der Waals surface area contributed by atoms with Crippen LogP contribution in [0.4, 0.5) is 26.3 Å². The van der Waals surface area contributed by atoms with E-state index in [2.05, 4.69) is 0 Å². The van der Waals surface area contributed by atoms with Gasteiger partial charge in [-0.1, -0.05) is 0 Å². The zero-order valence-corrected chi connectivity index (χ0v) is 5.65. The molecule has 0 aliphatic heterocycles. The van der Waals surface area contributed by atoms with Gasteiger partial charge in [0.1, 0.15) is 0 Å². The maximum Gasteiger partial charge on any atom is 0.375 e. The Labute approximate surface area is 64.6 Å². The maximum atomic E-state index is 12.2. The minimum absolute atomic E-state index is 2.11. The molecule has 0 radical (unpaired) electrons. The number of alkyl halides is 5. The van der Waals surface area contributed by atoms with Crippen LogP contribution in [0.2, 0.25) is 0 Å². The van der Waals surface area contributed by atoms with Crippen molar-refractivity contribution >= 4 is 0 Å². The average molecular weight is 191 g/mol. The van der Waals surface area contributed by atoms with E-state index in [1.54, 1.807) is 0 Å². The Kier molecular flexibility index (Phi) is 2.44. The first-order valence-electron chi connectivity index (χ1n) is 3.19. The van der Waals surface area contributed by atoms with Crippen LogP contribution in [0.15, 0.2) is 0 Å². The van der Waals surface area contributed by atoms with Crippen LogP contribution in [0.25, 0.3) is 0 Å². The minimum atomic E-state index is -3.00. The molecule has 0 spiro atoms. The Morgan fingerprint density at radius 1 is 0.667 bits per heavy atom. The predicted molar refractivity (Wildman–Crippen MR) is 28.8 cm³/mol. The van der Waals surface area contributed by atoms with Crippen molar-refractivity contribution in [1.29, 1.82) is 0 Å². The second-order valence-electron chi connectivity index (χ2n) is 2.52. The summed E-state index contributed by atoms with van der Waals surface area (Å²) in [5, 5.41) is 0. The van der Waals surface area contributed by atoms with Gasteiger partial charge >= 0.3 is 18.5 Å². The fourth-order valence-electron chi connectivity index (χ4n) is 0.955. The molecule has 70 valence electrons. The van der Waals surface area contributed by atoms with Gasteiger partial charge in [0, 0.05) is 0 Å². The molecular formula is C6H5F6+. The molecule has 0 aromatic carbocycles. The summed E-state index contributed by atoms with van der Waals surface area (Å²) < 4.78 is 73.3. The highest BCUT2D eigenvalue weighted by Gasteiger charge is 2.64. The van der Waals surface area contributed by atoms with E-state index in [-0.39, 0.29) is 0 Å². The summed E-state index contributed by atoms with van der Waals surface area (Å²) in [6, 6.07) is 0.